The number of anilines is 1. The quantitative estimate of drug-likeness (QED) is 0.346. The molecular weight excluding hydrogens is 308 g/mol. The van der Waals surface area contributed by atoms with Gasteiger partial charge in [0.25, 0.3) is 21.9 Å². The largest absolute Gasteiger partial charge is 1.00 e. The van der Waals surface area contributed by atoms with Crippen LogP contribution in [0.3, 0.4) is 0 Å². The molecule has 0 spiro atoms. The first kappa shape index (κ1) is 19.7. The van der Waals surface area contributed by atoms with E-state index in [0.717, 1.165) is 17.0 Å². The Kier molecular flexibility index (Phi) is 6.06. The van der Waals surface area contributed by atoms with E-state index in [-0.39, 0.29) is 51.7 Å². The molecule has 0 radical (unpaired) electrons. The molecular formula is C14H11Li2NO5S. The van der Waals surface area contributed by atoms with Crippen molar-refractivity contribution in [2.45, 2.75) is 4.90 Å². The summed E-state index contributed by atoms with van der Waals surface area (Å²) < 4.78 is 31.3. The predicted octanol–water partition coefficient (Wildman–Crippen LogP) is -4.03. The van der Waals surface area contributed by atoms with E-state index in [1.165, 1.54) is 6.07 Å². The zero-order chi connectivity index (χ0) is 15.2. The first-order chi connectivity index (χ1) is 9.89. The monoisotopic (exact) mass is 319 g/mol. The molecule has 23 heavy (non-hydrogen) atoms. The zero-order valence-electron chi connectivity index (χ0n) is 14.6. The van der Waals surface area contributed by atoms with E-state index in [1.54, 1.807) is 30.3 Å². The molecule has 3 rings (SSSR count). The molecule has 1 aliphatic rings. The van der Waals surface area contributed by atoms with Crippen molar-refractivity contribution < 1.29 is 63.1 Å². The summed E-state index contributed by atoms with van der Waals surface area (Å²) in [6.07, 6.45) is 0. The molecule has 1 N–H and O–H groups in total. The summed E-state index contributed by atoms with van der Waals surface area (Å²) in [7, 11) is -4.43. The van der Waals surface area contributed by atoms with Crippen LogP contribution in [0.2, 0.25) is 0 Å². The number of fused-ring (bicyclic) bond motifs is 1. The maximum Gasteiger partial charge on any atom is 1.00 e. The molecule has 9 heteroatoms. The second-order valence-electron chi connectivity index (χ2n) is 4.46. The van der Waals surface area contributed by atoms with Crippen LogP contribution in [0, 0.1) is 0 Å². The van der Waals surface area contributed by atoms with Crippen molar-refractivity contribution in [1.29, 1.82) is 0 Å². The molecule has 0 saturated heterocycles. The number of carbonyl (C=O) groups is 2. The molecule has 110 valence electrons. The SMILES string of the molecule is O=C1c2ccc(S(=O)(=O)O)cc2C(=O)N1c1ccccc1.[H-].[H-].[Li+].[Li+]. The normalized spacial score (nSPS) is 13.2. The first-order valence-corrected chi connectivity index (χ1v) is 7.39. The molecule has 0 fully saturated rings. The summed E-state index contributed by atoms with van der Waals surface area (Å²) in [5.41, 5.74) is 0.465. The third-order valence-corrected chi connectivity index (χ3v) is 4.02. The fraction of sp³-hybridized carbons (Fsp3) is 0. The van der Waals surface area contributed by atoms with Crippen molar-refractivity contribution >= 4 is 27.6 Å². The van der Waals surface area contributed by atoms with Crippen LogP contribution in [0.15, 0.2) is 53.4 Å². The summed E-state index contributed by atoms with van der Waals surface area (Å²) in [6, 6.07) is 11.6. The van der Waals surface area contributed by atoms with E-state index in [2.05, 4.69) is 0 Å². The van der Waals surface area contributed by atoms with Gasteiger partial charge in [-0.2, -0.15) is 8.42 Å². The van der Waals surface area contributed by atoms with Gasteiger partial charge in [0.05, 0.1) is 21.7 Å². The van der Waals surface area contributed by atoms with Gasteiger partial charge < -0.3 is 2.85 Å². The molecule has 0 atom stereocenters. The number of carbonyl (C=O) groups excluding carboxylic acids is 2. The summed E-state index contributed by atoms with van der Waals surface area (Å²) in [5, 5.41) is 0. The van der Waals surface area contributed by atoms with Gasteiger partial charge in [0.1, 0.15) is 0 Å². The summed E-state index contributed by atoms with van der Waals surface area (Å²) >= 11 is 0. The Hall–Kier alpha value is -1.32. The average Bonchev–Trinajstić information content (AvgIpc) is 2.70. The zero-order valence-corrected chi connectivity index (χ0v) is 13.4. The molecule has 0 bridgehead atoms. The molecule has 1 heterocycles. The predicted molar refractivity (Wildman–Crippen MR) is 76.1 cm³/mol. The van der Waals surface area contributed by atoms with Gasteiger partial charge in [-0.3, -0.25) is 14.1 Å². The fourth-order valence-electron chi connectivity index (χ4n) is 2.19. The van der Waals surface area contributed by atoms with Gasteiger partial charge in [0, 0.05) is 0 Å². The van der Waals surface area contributed by atoms with Crippen molar-refractivity contribution in [1.82, 2.24) is 0 Å². The van der Waals surface area contributed by atoms with E-state index in [0.29, 0.717) is 5.69 Å². The number of para-hydroxylation sites is 1. The van der Waals surface area contributed by atoms with Crippen LogP contribution in [0.5, 0.6) is 0 Å². The van der Waals surface area contributed by atoms with E-state index in [9.17, 15) is 18.0 Å². The molecule has 2 aromatic rings. The molecule has 1 aliphatic heterocycles. The number of nitrogens with zero attached hydrogens (tertiary/aromatic N) is 1. The maximum absolute atomic E-state index is 12.3. The van der Waals surface area contributed by atoms with Crippen LogP contribution >= 0.6 is 0 Å². The van der Waals surface area contributed by atoms with Crippen molar-refractivity contribution in [3.8, 4) is 0 Å². The van der Waals surface area contributed by atoms with Crippen LogP contribution in [-0.4, -0.2) is 24.8 Å². The molecule has 2 aromatic carbocycles. The second-order valence-corrected chi connectivity index (χ2v) is 5.89. The smallest absolute Gasteiger partial charge is 1.00 e. The molecule has 0 aliphatic carbocycles. The number of imide groups is 1. The number of hydrogen-bond acceptors (Lipinski definition) is 4. The van der Waals surface area contributed by atoms with Crippen LogP contribution in [0.1, 0.15) is 23.6 Å². The summed E-state index contributed by atoms with van der Waals surface area (Å²) in [5.74, 6) is -1.14. The molecule has 2 amide bonds. The number of amides is 2. The number of rotatable bonds is 2. The van der Waals surface area contributed by atoms with Gasteiger partial charge in [-0.25, -0.2) is 4.90 Å². The van der Waals surface area contributed by atoms with E-state index >= 15 is 0 Å². The van der Waals surface area contributed by atoms with Crippen molar-refractivity contribution in [2.24, 2.45) is 0 Å². The Balaban J connectivity index is 0. The number of hydrogen-bond donors (Lipinski definition) is 1. The third-order valence-electron chi connectivity index (χ3n) is 3.17. The third kappa shape index (κ3) is 3.46. The first-order valence-electron chi connectivity index (χ1n) is 5.95. The standard InChI is InChI=1S/C14H9NO5S.2Li.2H/c16-13-11-7-6-10(21(18,19)20)8-12(11)14(17)15(13)9-4-2-1-3-5-9;;;;/h1-8H,(H,18,19,20);;;;/q;2*+1;2*-1. The Labute approximate surface area is 159 Å². The second kappa shape index (κ2) is 7.06. The van der Waals surface area contributed by atoms with Crippen LogP contribution < -0.4 is 42.6 Å². The van der Waals surface area contributed by atoms with E-state index < -0.39 is 26.8 Å². The summed E-state index contributed by atoms with van der Waals surface area (Å²) in [6.45, 7) is 0. The average molecular weight is 319 g/mol. The van der Waals surface area contributed by atoms with Crippen molar-refractivity contribution in [3.05, 3.63) is 59.7 Å². The topological polar surface area (TPSA) is 91.7 Å². The van der Waals surface area contributed by atoms with Gasteiger partial charge >= 0.3 is 37.7 Å². The van der Waals surface area contributed by atoms with E-state index in [1.807, 2.05) is 0 Å². The molecule has 6 nitrogen and oxygen atoms in total. The Bertz CT molecular complexity index is 878. The van der Waals surface area contributed by atoms with Gasteiger partial charge in [0.2, 0.25) is 0 Å². The fourth-order valence-corrected chi connectivity index (χ4v) is 2.70. The van der Waals surface area contributed by atoms with Gasteiger partial charge in [-0.05, 0) is 30.3 Å². The van der Waals surface area contributed by atoms with E-state index in [4.69, 9.17) is 4.55 Å². The van der Waals surface area contributed by atoms with Crippen LogP contribution in [0.4, 0.5) is 5.69 Å². The summed E-state index contributed by atoms with van der Waals surface area (Å²) in [4.78, 5) is 25.1. The van der Waals surface area contributed by atoms with Gasteiger partial charge in [-0.15, -0.1) is 0 Å². The minimum atomic E-state index is -4.43. The van der Waals surface area contributed by atoms with Crippen LogP contribution in [-0.2, 0) is 10.1 Å². The minimum Gasteiger partial charge on any atom is -1.00 e. The Morgan fingerprint density at radius 3 is 2.00 bits per heavy atom. The molecule has 0 unspecified atom stereocenters. The number of benzene rings is 2. The van der Waals surface area contributed by atoms with Crippen LogP contribution in [0.25, 0.3) is 0 Å². The van der Waals surface area contributed by atoms with Gasteiger partial charge in [0.15, 0.2) is 0 Å². The van der Waals surface area contributed by atoms with Crippen molar-refractivity contribution in [2.75, 3.05) is 4.90 Å². The molecule has 0 aromatic heterocycles. The Morgan fingerprint density at radius 2 is 1.43 bits per heavy atom. The Morgan fingerprint density at radius 1 is 0.870 bits per heavy atom. The minimum absolute atomic E-state index is 0. The van der Waals surface area contributed by atoms with Gasteiger partial charge in [-0.1, -0.05) is 18.2 Å². The molecule has 0 saturated carbocycles. The maximum atomic E-state index is 12.3. The van der Waals surface area contributed by atoms with Crippen molar-refractivity contribution in [3.63, 3.8) is 0 Å².